The van der Waals surface area contributed by atoms with Crippen molar-refractivity contribution in [1.82, 2.24) is 14.7 Å². The number of para-hydroxylation sites is 2. The lowest BCUT2D eigenvalue weighted by atomic mass is 9.99. The monoisotopic (exact) mass is 696 g/mol. The molecule has 0 unspecified atom stereocenters. The first-order valence-electron chi connectivity index (χ1n) is 18.1. The Morgan fingerprint density at radius 3 is 2.04 bits per heavy atom. The van der Waals surface area contributed by atoms with Crippen molar-refractivity contribution in [2.75, 3.05) is 4.90 Å². The Bertz CT molecular complexity index is 2730. The number of rotatable bonds is 7. The molecule has 0 atom stereocenters. The fourth-order valence-corrected chi connectivity index (χ4v) is 7.09. The van der Waals surface area contributed by atoms with Crippen molar-refractivity contribution in [2.45, 2.75) is 6.42 Å². The second kappa shape index (κ2) is 14.4. The van der Waals surface area contributed by atoms with Gasteiger partial charge >= 0.3 is 0 Å². The van der Waals surface area contributed by atoms with E-state index in [0.29, 0.717) is 11.7 Å². The number of benzene rings is 6. The normalized spacial score (nSPS) is 15.8. The Balaban J connectivity index is 1.07. The second-order valence-electron chi connectivity index (χ2n) is 13.2. The Kier molecular flexibility index (Phi) is 8.71. The predicted octanol–water partition coefficient (Wildman–Crippen LogP) is 13.0. The van der Waals surface area contributed by atoms with Gasteiger partial charge in [-0.1, -0.05) is 121 Å². The molecule has 0 fully saturated rings. The molecule has 54 heavy (non-hydrogen) atoms. The summed E-state index contributed by atoms with van der Waals surface area (Å²) in [4.78, 5) is 6.91. The van der Waals surface area contributed by atoms with Gasteiger partial charge in [-0.05, 0) is 108 Å². The lowest BCUT2D eigenvalue weighted by molar-refractivity contribution is 0.432. The number of hydrogen-bond acceptors (Lipinski definition) is 4. The van der Waals surface area contributed by atoms with Crippen LogP contribution in [-0.2, 0) is 0 Å². The van der Waals surface area contributed by atoms with Gasteiger partial charge in [-0.3, -0.25) is 0 Å². The van der Waals surface area contributed by atoms with Crippen LogP contribution in [0.15, 0.2) is 211 Å². The van der Waals surface area contributed by atoms with Crippen LogP contribution >= 0.6 is 0 Å². The third-order valence-corrected chi connectivity index (χ3v) is 9.68. The molecule has 0 bridgehead atoms. The summed E-state index contributed by atoms with van der Waals surface area (Å²) in [5, 5.41) is 6.64. The van der Waals surface area contributed by atoms with Crippen LogP contribution in [0.25, 0.3) is 55.9 Å². The van der Waals surface area contributed by atoms with Crippen LogP contribution in [-0.4, -0.2) is 14.7 Å². The molecule has 0 spiro atoms. The van der Waals surface area contributed by atoms with Gasteiger partial charge < -0.3 is 14.0 Å². The zero-order valence-electron chi connectivity index (χ0n) is 29.6. The molecule has 5 nitrogen and oxygen atoms in total. The first kappa shape index (κ1) is 32.7. The first-order chi connectivity index (χ1) is 26.7. The Hall–Kier alpha value is -7.24. The number of anilines is 3. The zero-order chi connectivity index (χ0) is 36.3. The molecule has 1 aliphatic rings. The van der Waals surface area contributed by atoms with Gasteiger partial charge in [-0.15, -0.1) is 0 Å². The van der Waals surface area contributed by atoms with Crippen molar-refractivity contribution >= 4 is 44.4 Å². The van der Waals surface area contributed by atoms with Gasteiger partial charge in [0.1, 0.15) is 0 Å². The minimum atomic E-state index is 0.484. The van der Waals surface area contributed by atoms with Crippen LogP contribution in [0.5, 0.6) is 0 Å². The SMILES string of the molecule is C=C1/C=C\C=C/C/C=C\C(c2ccc3c(c2)c2ccccc2n3-c2ccc(N(c3ccccc3)c3ccc(-c4nc(-c5ccccc5)no4)cc3)cc2)=C/1. The highest BCUT2D eigenvalue weighted by molar-refractivity contribution is 6.10. The quantitative estimate of drug-likeness (QED) is 0.166. The molecule has 9 rings (SSSR count). The molecule has 2 aromatic heterocycles. The Labute approximate surface area is 314 Å². The second-order valence-corrected chi connectivity index (χ2v) is 13.2. The fourth-order valence-electron chi connectivity index (χ4n) is 7.09. The van der Waals surface area contributed by atoms with E-state index in [1.165, 1.54) is 10.8 Å². The number of nitrogens with zero attached hydrogens (tertiary/aromatic N) is 4. The van der Waals surface area contributed by atoms with Crippen LogP contribution in [0.2, 0.25) is 0 Å². The van der Waals surface area contributed by atoms with Gasteiger partial charge in [0, 0.05) is 44.6 Å². The molecule has 8 aromatic rings. The van der Waals surface area contributed by atoms with Crippen molar-refractivity contribution in [1.29, 1.82) is 0 Å². The van der Waals surface area contributed by atoms with Crippen molar-refractivity contribution in [3.8, 4) is 28.5 Å². The van der Waals surface area contributed by atoms with Crippen LogP contribution in [0, 0.1) is 0 Å². The molecule has 6 aromatic carbocycles. The van der Waals surface area contributed by atoms with Gasteiger partial charge in [0.2, 0.25) is 5.82 Å². The summed E-state index contributed by atoms with van der Waals surface area (Å²) in [6.45, 7) is 4.26. The molecule has 0 N–H and O–H groups in total. The topological polar surface area (TPSA) is 47.1 Å². The van der Waals surface area contributed by atoms with Gasteiger partial charge in [0.05, 0.1) is 11.0 Å². The Morgan fingerprint density at radius 1 is 0.574 bits per heavy atom. The number of fused-ring (bicyclic) bond motifs is 3. The van der Waals surface area contributed by atoms with E-state index in [1.54, 1.807) is 0 Å². The molecule has 2 heterocycles. The zero-order valence-corrected chi connectivity index (χ0v) is 29.6. The van der Waals surface area contributed by atoms with Crippen LogP contribution in [0.4, 0.5) is 17.1 Å². The van der Waals surface area contributed by atoms with Crippen molar-refractivity contribution < 1.29 is 4.52 Å². The molecule has 0 radical (unpaired) electrons. The molecular formula is C49H36N4O. The number of allylic oxidation sites excluding steroid dienone is 9. The van der Waals surface area contributed by atoms with Crippen LogP contribution in [0.3, 0.4) is 0 Å². The Morgan fingerprint density at radius 2 is 1.24 bits per heavy atom. The number of hydrogen-bond donors (Lipinski definition) is 0. The van der Waals surface area contributed by atoms with Crippen molar-refractivity contribution in [3.63, 3.8) is 0 Å². The molecule has 5 heteroatoms. The van der Waals surface area contributed by atoms with Crippen molar-refractivity contribution in [2.24, 2.45) is 0 Å². The van der Waals surface area contributed by atoms with Gasteiger partial charge in [-0.2, -0.15) is 4.98 Å². The average molecular weight is 697 g/mol. The lowest BCUT2D eigenvalue weighted by Crippen LogP contribution is -2.10. The molecule has 1 aliphatic carbocycles. The highest BCUT2D eigenvalue weighted by Crippen LogP contribution is 2.38. The van der Waals surface area contributed by atoms with E-state index in [0.717, 1.165) is 68.0 Å². The van der Waals surface area contributed by atoms with E-state index in [2.05, 4.69) is 166 Å². The number of aromatic nitrogens is 3. The molecule has 0 saturated carbocycles. The first-order valence-corrected chi connectivity index (χ1v) is 18.1. The third-order valence-electron chi connectivity index (χ3n) is 9.68. The molecule has 258 valence electrons. The maximum Gasteiger partial charge on any atom is 0.258 e. The van der Waals surface area contributed by atoms with E-state index in [4.69, 9.17) is 4.52 Å². The minimum absolute atomic E-state index is 0.484. The van der Waals surface area contributed by atoms with E-state index >= 15 is 0 Å². The maximum atomic E-state index is 5.65. The molecule has 0 aliphatic heterocycles. The third kappa shape index (κ3) is 6.40. The molecular weight excluding hydrogens is 661 g/mol. The van der Waals surface area contributed by atoms with E-state index in [-0.39, 0.29) is 0 Å². The highest BCUT2D eigenvalue weighted by atomic mass is 16.5. The predicted molar refractivity (Wildman–Crippen MR) is 223 cm³/mol. The van der Waals surface area contributed by atoms with Crippen molar-refractivity contribution in [3.05, 3.63) is 212 Å². The van der Waals surface area contributed by atoms with Crippen LogP contribution in [0.1, 0.15) is 12.0 Å². The van der Waals surface area contributed by atoms with E-state index < -0.39 is 0 Å². The van der Waals surface area contributed by atoms with Gasteiger partial charge in [-0.25, -0.2) is 0 Å². The van der Waals surface area contributed by atoms with Gasteiger partial charge in [0.25, 0.3) is 5.89 Å². The smallest absolute Gasteiger partial charge is 0.258 e. The van der Waals surface area contributed by atoms with E-state index in [9.17, 15) is 0 Å². The van der Waals surface area contributed by atoms with Gasteiger partial charge in [0.15, 0.2) is 0 Å². The summed E-state index contributed by atoms with van der Waals surface area (Å²) in [5.41, 5.74) is 11.6. The van der Waals surface area contributed by atoms with E-state index in [1.807, 2.05) is 54.6 Å². The molecule has 0 amide bonds. The molecule has 0 saturated heterocycles. The fraction of sp³-hybridized carbons (Fsp3) is 0.0204. The maximum absolute atomic E-state index is 5.65. The standard InChI is InChI=1S/C49H36N4O/c1-35-15-7-3-2-4-8-18-38(33-35)39-25-32-47-45(34-39)44-21-13-14-22-46(44)53(47)43-30-28-42(29-31-43)52(40-19-11-6-12-20-40)41-26-23-37(24-27-41)49-50-48(51-54-49)36-16-9-5-10-17-36/h2-3,5-34H,1,4H2/b3-2-,15-7-,18-8-,38-33+. The average Bonchev–Trinajstić information content (AvgIpc) is 3.85. The minimum Gasteiger partial charge on any atom is -0.334 e. The van der Waals surface area contributed by atoms with Crippen LogP contribution < -0.4 is 4.90 Å². The summed E-state index contributed by atoms with van der Waals surface area (Å²) < 4.78 is 8.01. The summed E-state index contributed by atoms with van der Waals surface area (Å²) in [6.07, 6.45) is 15.8. The summed E-state index contributed by atoms with van der Waals surface area (Å²) >= 11 is 0. The summed E-state index contributed by atoms with van der Waals surface area (Å²) in [7, 11) is 0. The highest BCUT2D eigenvalue weighted by Gasteiger charge is 2.17. The largest absolute Gasteiger partial charge is 0.334 e. The summed E-state index contributed by atoms with van der Waals surface area (Å²) in [6, 6.07) is 52.8. The lowest BCUT2D eigenvalue weighted by Gasteiger charge is -2.26. The summed E-state index contributed by atoms with van der Waals surface area (Å²) in [5.74, 6) is 1.06.